The van der Waals surface area contributed by atoms with Crippen LogP contribution >= 0.6 is 11.6 Å². The Balaban J connectivity index is 2.19. The second kappa shape index (κ2) is 5.45. The number of hydrogen-bond acceptors (Lipinski definition) is 4. The van der Waals surface area contributed by atoms with Gasteiger partial charge in [0, 0.05) is 0 Å². The van der Waals surface area contributed by atoms with Gasteiger partial charge in [-0.2, -0.15) is 32.8 Å². The fraction of sp³-hybridized carbons (Fsp3) is 0.154. The molecule has 0 aliphatic heterocycles. The molecule has 0 bridgehead atoms. The summed E-state index contributed by atoms with van der Waals surface area (Å²) in [6.07, 6.45) is -3.18. The van der Waals surface area contributed by atoms with Crippen LogP contribution in [0.15, 0.2) is 36.7 Å². The van der Waals surface area contributed by atoms with Crippen molar-refractivity contribution in [3.8, 4) is 11.1 Å². The second-order valence-electron chi connectivity index (χ2n) is 4.43. The van der Waals surface area contributed by atoms with E-state index in [0.717, 1.165) is 0 Å². The van der Waals surface area contributed by atoms with E-state index in [1.807, 2.05) is 0 Å². The molecule has 22 heavy (non-hydrogen) atoms. The van der Waals surface area contributed by atoms with Crippen molar-refractivity contribution < 1.29 is 13.2 Å². The van der Waals surface area contributed by atoms with Crippen LogP contribution in [0.3, 0.4) is 0 Å². The zero-order valence-corrected chi connectivity index (χ0v) is 11.7. The van der Waals surface area contributed by atoms with E-state index < -0.39 is 12.7 Å². The van der Waals surface area contributed by atoms with Crippen LogP contribution in [0.5, 0.6) is 0 Å². The quantitative estimate of drug-likeness (QED) is 0.749. The van der Waals surface area contributed by atoms with Gasteiger partial charge in [-0.3, -0.25) is 0 Å². The lowest BCUT2D eigenvalue weighted by molar-refractivity contribution is -0.115. The summed E-state index contributed by atoms with van der Waals surface area (Å²) in [6.45, 7) is -1.22. The number of anilines is 1. The maximum Gasteiger partial charge on any atom is 0.405 e. The topological polar surface area (TPSA) is 55.1 Å². The van der Waals surface area contributed by atoms with Crippen molar-refractivity contribution in [2.75, 3.05) is 11.9 Å². The van der Waals surface area contributed by atoms with Gasteiger partial charge in [-0.25, -0.2) is 0 Å². The molecule has 0 amide bonds. The highest BCUT2D eigenvalue weighted by Gasteiger charge is 2.28. The van der Waals surface area contributed by atoms with Gasteiger partial charge in [-0.1, -0.05) is 41.9 Å². The van der Waals surface area contributed by atoms with Crippen molar-refractivity contribution in [2.24, 2.45) is 0 Å². The zero-order chi connectivity index (χ0) is 15.7. The Bertz CT molecular complexity index is 801. The molecule has 9 heteroatoms. The Labute approximate surface area is 127 Å². The van der Waals surface area contributed by atoms with Crippen molar-refractivity contribution in [1.82, 2.24) is 19.6 Å². The van der Waals surface area contributed by atoms with E-state index in [0.29, 0.717) is 11.1 Å². The monoisotopic (exact) mass is 327 g/mol. The number of aromatic nitrogens is 4. The van der Waals surface area contributed by atoms with Crippen molar-refractivity contribution in [3.63, 3.8) is 0 Å². The zero-order valence-electron chi connectivity index (χ0n) is 11.0. The fourth-order valence-corrected chi connectivity index (χ4v) is 2.30. The van der Waals surface area contributed by atoms with E-state index in [-0.39, 0.29) is 16.7 Å². The minimum Gasteiger partial charge on any atom is -0.360 e. The number of fused-ring (bicyclic) bond motifs is 1. The summed E-state index contributed by atoms with van der Waals surface area (Å²) < 4.78 is 38.8. The number of halogens is 4. The standard InChI is InChI=1S/C13H9ClF3N5/c14-10-9(8-4-2-1-3-5-8)11(18-6-13(15,16)17)22-12(21-10)19-7-20-22/h1-5,7,18H,6H2. The molecule has 3 aromatic rings. The molecule has 0 aliphatic carbocycles. The molecule has 1 aromatic carbocycles. The minimum absolute atomic E-state index is 0.0522. The predicted molar refractivity (Wildman–Crippen MR) is 75.8 cm³/mol. The summed E-state index contributed by atoms with van der Waals surface area (Å²) >= 11 is 6.14. The van der Waals surface area contributed by atoms with E-state index in [4.69, 9.17) is 11.6 Å². The fourth-order valence-electron chi connectivity index (χ4n) is 2.02. The molecule has 114 valence electrons. The molecule has 0 saturated heterocycles. The normalized spacial score (nSPS) is 11.8. The molecule has 0 fully saturated rings. The molecule has 5 nitrogen and oxygen atoms in total. The van der Waals surface area contributed by atoms with E-state index in [2.05, 4.69) is 20.4 Å². The lowest BCUT2D eigenvalue weighted by Gasteiger charge is -2.15. The maximum atomic E-state index is 12.5. The van der Waals surface area contributed by atoms with Gasteiger partial charge in [0.25, 0.3) is 5.78 Å². The number of alkyl halides is 3. The van der Waals surface area contributed by atoms with Gasteiger partial charge in [-0.15, -0.1) is 0 Å². The van der Waals surface area contributed by atoms with Crippen molar-refractivity contribution in [2.45, 2.75) is 6.18 Å². The smallest absolute Gasteiger partial charge is 0.360 e. The SMILES string of the molecule is FC(F)(F)CNc1c(-c2ccccc2)c(Cl)nc2ncnn12. The Morgan fingerprint density at radius 3 is 2.59 bits per heavy atom. The number of nitrogens with zero attached hydrogens (tertiary/aromatic N) is 4. The number of nitrogens with one attached hydrogen (secondary N) is 1. The van der Waals surface area contributed by atoms with Crippen LogP contribution in [0.2, 0.25) is 5.15 Å². The van der Waals surface area contributed by atoms with E-state index >= 15 is 0 Å². The first kappa shape index (κ1) is 14.6. The second-order valence-corrected chi connectivity index (χ2v) is 4.79. The summed E-state index contributed by atoms with van der Waals surface area (Å²) in [5.41, 5.74) is 0.964. The van der Waals surface area contributed by atoms with Crippen LogP contribution in [-0.4, -0.2) is 32.3 Å². The summed E-state index contributed by atoms with van der Waals surface area (Å²) in [6, 6.07) is 8.76. The Morgan fingerprint density at radius 2 is 1.91 bits per heavy atom. The third-order valence-electron chi connectivity index (χ3n) is 2.90. The Morgan fingerprint density at radius 1 is 1.18 bits per heavy atom. The molecular formula is C13H9ClF3N5. The molecule has 3 rings (SSSR count). The van der Waals surface area contributed by atoms with Gasteiger partial charge < -0.3 is 5.32 Å². The van der Waals surface area contributed by atoms with Crippen LogP contribution in [0.1, 0.15) is 0 Å². The molecular weight excluding hydrogens is 319 g/mol. The largest absolute Gasteiger partial charge is 0.405 e. The van der Waals surface area contributed by atoms with Gasteiger partial charge in [0.2, 0.25) is 0 Å². The lowest BCUT2D eigenvalue weighted by Crippen LogP contribution is -2.23. The van der Waals surface area contributed by atoms with E-state index in [1.165, 1.54) is 10.8 Å². The highest BCUT2D eigenvalue weighted by Crippen LogP contribution is 2.34. The molecule has 1 N–H and O–H groups in total. The van der Waals surface area contributed by atoms with E-state index in [9.17, 15) is 13.2 Å². The average Bonchev–Trinajstić information content (AvgIpc) is 2.92. The first-order chi connectivity index (χ1) is 10.5. The van der Waals surface area contributed by atoms with Crippen molar-refractivity contribution in [1.29, 1.82) is 0 Å². The third-order valence-corrected chi connectivity index (χ3v) is 3.18. The van der Waals surface area contributed by atoms with Gasteiger partial charge in [0.1, 0.15) is 23.8 Å². The molecule has 0 radical (unpaired) electrons. The predicted octanol–water partition coefficient (Wildman–Crippen LogP) is 3.42. The molecule has 2 aromatic heterocycles. The number of rotatable bonds is 3. The van der Waals surface area contributed by atoms with Gasteiger partial charge in [0.05, 0.1) is 5.56 Å². The Hall–Kier alpha value is -2.35. The summed E-state index contributed by atoms with van der Waals surface area (Å²) in [5, 5.41) is 6.29. The lowest BCUT2D eigenvalue weighted by atomic mass is 10.1. The first-order valence-electron chi connectivity index (χ1n) is 6.21. The van der Waals surface area contributed by atoms with Crippen LogP contribution in [0.25, 0.3) is 16.9 Å². The van der Waals surface area contributed by atoms with Gasteiger partial charge >= 0.3 is 6.18 Å². The van der Waals surface area contributed by atoms with Crippen LogP contribution in [0.4, 0.5) is 19.0 Å². The highest BCUT2D eigenvalue weighted by molar-refractivity contribution is 6.32. The molecule has 0 spiro atoms. The van der Waals surface area contributed by atoms with E-state index in [1.54, 1.807) is 30.3 Å². The van der Waals surface area contributed by atoms with Gasteiger partial charge in [-0.05, 0) is 5.56 Å². The summed E-state index contributed by atoms with van der Waals surface area (Å²) in [7, 11) is 0. The van der Waals surface area contributed by atoms with Crippen molar-refractivity contribution in [3.05, 3.63) is 41.8 Å². The summed E-state index contributed by atoms with van der Waals surface area (Å²) in [5.74, 6) is 0.213. The number of hydrogen-bond donors (Lipinski definition) is 1. The van der Waals surface area contributed by atoms with Crippen LogP contribution in [0, 0.1) is 0 Å². The molecule has 0 unspecified atom stereocenters. The van der Waals surface area contributed by atoms with Crippen molar-refractivity contribution >= 4 is 23.2 Å². The van der Waals surface area contributed by atoms with Crippen LogP contribution in [-0.2, 0) is 0 Å². The number of benzene rings is 1. The summed E-state index contributed by atoms with van der Waals surface area (Å²) in [4.78, 5) is 7.91. The molecule has 0 saturated carbocycles. The minimum atomic E-state index is -4.38. The van der Waals surface area contributed by atoms with Gasteiger partial charge in [0.15, 0.2) is 0 Å². The van der Waals surface area contributed by atoms with Crippen LogP contribution < -0.4 is 5.32 Å². The molecule has 0 aliphatic rings. The first-order valence-corrected chi connectivity index (χ1v) is 6.59. The maximum absolute atomic E-state index is 12.5. The molecule has 0 atom stereocenters. The third kappa shape index (κ3) is 2.82. The average molecular weight is 328 g/mol. The Kier molecular flexibility index (Phi) is 3.61. The molecule has 2 heterocycles. The highest BCUT2D eigenvalue weighted by atomic mass is 35.5.